The summed E-state index contributed by atoms with van der Waals surface area (Å²) in [6.45, 7) is 5.22. The van der Waals surface area contributed by atoms with Gasteiger partial charge in [-0.1, -0.05) is 6.92 Å². The van der Waals surface area contributed by atoms with E-state index in [1.54, 1.807) is 10.6 Å². The highest BCUT2D eigenvalue weighted by Crippen LogP contribution is 2.35. The molecule has 0 amide bonds. The van der Waals surface area contributed by atoms with Gasteiger partial charge in [0.1, 0.15) is 0 Å². The number of nitrogens with one attached hydrogen (secondary N) is 1. The van der Waals surface area contributed by atoms with E-state index in [1.165, 1.54) is 29.0 Å². The van der Waals surface area contributed by atoms with Crippen LogP contribution in [0.5, 0.6) is 0 Å². The van der Waals surface area contributed by atoms with E-state index in [2.05, 4.69) is 30.4 Å². The van der Waals surface area contributed by atoms with Crippen LogP contribution in [-0.2, 0) is 7.05 Å². The molecule has 1 aliphatic carbocycles. The second-order valence-electron chi connectivity index (χ2n) is 6.28. The van der Waals surface area contributed by atoms with Crippen molar-refractivity contribution >= 4 is 17.4 Å². The number of benzene rings is 1. The number of pyridine rings is 1. The van der Waals surface area contributed by atoms with Crippen LogP contribution in [0.15, 0.2) is 40.2 Å². The van der Waals surface area contributed by atoms with Gasteiger partial charge in [0.25, 0.3) is 5.56 Å². The van der Waals surface area contributed by atoms with Crippen molar-refractivity contribution in [2.45, 2.75) is 31.6 Å². The molecule has 4 heteroatoms. The lowest BCUT2D eigenvalue weighted by molar-refractivity contribution is 0.857. The smallest absolute Gasteiger partial charge is 0.250 e. The van der Waals surface area contributed by atoms with E-state index >= 15 is 0 Å². The number of nitrogens with zero attached hydrogens (tertiary/aromatic N) is 1. The average Bonchev–Trinajstić information content (AvgIpc) is 3.34. The molecule has 1 heterocycles. The minimum absolute atomic E-state index is 0.0397. The van der Waals surface area contributed by atoms with Gasteiger partial charge in [-0.05, 0) is 55.2 Å². The molecule has 1 aromatic carbocycles. The van der Waals surface area contributed by atoms with Crippen molar-refractivity contribution in [2.24, 2.45) is 13.0 Å². The molecule has 1 aliphatic rings. The molecular weight excluding hydrogens is 304 g/mol. The Balaban J connectivity index is 2.04. The summed E-state index contributed by atoms with van der Waals surface area (Å²) < 4.78 is 1.66. The van der Waals surface area contributed by atoms with Gasteiger partial charge >= 0.3 is 0 Å². The summed E-state index contributed by atoms with van der Waals surface area (Å²) in [5.74, 6) is 1.88. The van der Waals surface area contributed by atoms with Crippen LogP contribution in [0.3, 0.4) is 0 Å². The molecule has 0 radical (unpaired) electrons. The molecule has 0 unspecified atom stereocenters. The number of aromatic nitrogens is 1. The van der Waals surface area contributed by atoms with Gasteiger partial charge in [0.15, 0.2) is 0 Å². The van der Waals surface area contributed by atoms with Crippen LogP contribution in [-0.4, -0.2) is 16.9 Å². The minimum atomic E-state index is 0.0397. The van der Waals surface area contributed by atoms with Gasteiger partial charge in [0, 0.05) is 47.6 Å². The normalized spacial score (nSPS) is 14.0. The summed E-state index contributed by atoms with van der Waals surface area (Å²) in [4.78, 5) is 13.1. The third-order valence-electron chi connectivity index (χ3n) is 4.31. The number of hydrogen-bond acceptors (Lipinski definition) is 3. The molecule has 0 saturated heterocycles. The standard InChI is InChI=1S/C19H24N2OS/c1-4-23-15-7-8-18(20-11-14-5-6-14)16(10-15)17-12-21(3)19(22)9-13(17)2/h7-10,12,14,20H,4-6,11H2,1-3H3. The second-order valence-corrected chi connectivity index (χ2v) is 7.62. The average molecular weight is 328 g/mol. The van der Waals surface area contributed by atoms with Crippen molar-refractivity contribution in [2.75, 3.05) is 17.6 Å². The third kappa shape index (κ3) is 3.81. The Morgan fingerprint density at radius 2 is 2.04 bits per heavy atom. The van der Waals surface area contributed by atoms with Gasteiger partial charge in [-0.3, -0.25) is 4.79 Å². The molecule has 0 spiro atoms. The van der Waals surface area contributed by atoms with E-state index in [0.717, 1.165) is 29.3 Å². The first-order chi connectivity index (χ1) is 11.1. The van der Waals surface area contributed by atoms with Gasteiger partial charge in [0.2, 0.25) is 0 Å². The van der Waals surface area contributed by atoms with Gasteiger partial charge in [-0.25, -0.2) is 0 Å². The fraction of sp³-hybridized carbons (Fsp3) is 0.421. The van der Waals surface area contributed by atoms with E-state index < -0.39 is 0 Å². The predicted octanol–water partition coefficient (Wildman–Crippen LogP) is 4.29. The first-order valence-electron chi connectivity index (χ1n) is 8.27. The first kappa shape index (κ1) is 16.2. The Morgan fingerprint density at radius 1 is 1.26 bits per heavy atom. The lowest BCUT2D eigenvalue weighted by Crippen LogP contribution is -2.16. The number of hydrogen-bond donors (Lipinski definition) is 1. The lowest BCUT2D eigenvalue weighted by atomic mass is 10.0. The van der Waals surface area contributed by atoms with Crippen molar-refractivity contribution < 1.29 is 0 Å². The van der Waals surface area contributed by atoms with E-state index in [9.17, 15) is 4.79 Å². The largest absolute Gasteiger partial charge is 0.384 e. The first-order valence-corrected chi connectivity index (χ1v) is 9.25. The molecule has 23 heavy (non-hydrogen) atoms. The molecule has 0 atom stereocenters. The molecular formula is C19H24N2OS. The predicted molar refractivity (Wildman–Crippen MR) is 99.5 cm³/mol. The topological polar surface area (TPSA) is 34.0 Å². The van der Waals surface area contributed by atoms with E-state index in [4.69, 9.17) is 0 Å². The Bertz CT molecular complexity index is 762. The summed E-state index contributed by atoms with van der Waals surface area (Å²) in [6.07, 6.45) is 4.63. The maximum Gasteiger partial charge on any atom is 0.250 e. The molecule has 1 saturated carbocycles. The van der Waals surface area contributed by atoms with Crippen LogP contribution >= 0.6 is 11.8 Å². The quantitative estimate of drug-likeness (QED) is 0.803. The summed E-state index contributed by atoms with van der Waals surface area (Å²) >= 11 is 1.85. The van der Waals surface area contributed by atoms with Crippen LogP contribution in [0.4, 0.5) is 5.69 Å². The van der Waals surface area contributed by atoms with Crippen molar-refractivity contribution in [3.8, 4) is 11.1 Å². The van der Waals surface area contributed by atoms with Gasteiger partial charge in [-0.2, -0.15) is 0 Å². The molecule has 1 aromatic heterocycles. The second kappa shape index (κ2) is 6.83. The van der Waals surface area contributed by atoms with Gasteiger partial charge < -0.3 is 9.88 Å². The Hall–Kier alpha value is -1.68. The maximum absolute atomic E-state index is 11.8. The van der Waals surface area contributed by atoms with Crippen molar-refractivity contribution in [3.05, 3.63) is 46.4 Å². The zero-order chi connectivity index (χ0) is 16.4. The minimum Gasteiger partial charge on any atom is -0.384 e. The van der Waals surface area contributed by atoms with Crippen LogP contribution < -0.4 is 10.9 Å². The van der Waals surface area contributed by atoms with E-state index in [1.807, 2.05) is 31.9 Å². The Kier molecular flexibility index (Phi) is 4.81. The highest BCUT2D eigenvalue weighted by Gasteiger charge is 2.21. The summed E-state index contributed by atoms with van der Waals surface area (Å²) in [5.41, 5.74) is 4.55. The lowest BCUT2D eigenvalue weighted by Gasteiger charge is -2.16. The molecule has 3 rings (SSSR count). The van der Waals surface area contributed by atoms with Crippen LogP contribution in [0, 0.1) is 12.8 Å². The van der Waals surface area contributed by atoms with Crippen LogP contribution in [0.2, 0.25) is 0 Å². The molecule has 3 nitrogen and oxygen atoms in total. The number of anilines is 1. The summed E-state index contributed by atoms with van der Waals surface area (Å²) in [7, 11) is 1.81. The summed E-state index contributed by atoms with van der Waals surface area (Å²) in [6, 6.07) is 8.33. The van der Waals surface area contributed by atoms with Gasteiger partial charge in [0.05, 0.1) is 0 Å². The van der Waals surface area contributed by atoms with Crippen molar-refractivity contribution in [1.29, 1.82) is 0 Å². The number of aryl methyl sites for hydroxylation is 2. The third-order valence-corrected chi connectivity index (χ3v) is 5.18. The van der Waals surface area contributed by atoms with Crippen LogP contribution in [0.25, 0.3) is 11.1 Å². The van der Waals surface area contributed by atoms with Crippen molar-refractivity contribution in [1.82, 2.24) is 4.57 Å². The highest BCUT2D eigenvalue weighted by atomic mass is 32.2. The molecule has 0 aliphatic heterocycles. The Morgan fingerprint density at radius 3 is 2.74 bits per heavy atom. The van der Waals surface area contributed by atoms with E-state index in [0.29, 0.717) is 0 Å². The monoisotopic (exact) mass is 328 g/mol. The van der Waals surface area contributed by atoms with Crippen molar-refractivity contribution in [3.63, 3.8) is 0 Å². The molecule has 0 bridgehead atoms. The van der Waals surface area contributed by atoms with Crippen LogP contribution in [0.1, 0.15) is 25.3 Å². The Labute approximate surface area is 142 Å². The molecule has 2 aromatic rings. The molecule has 1 N–H and O–H groups in total. The number of thioether (sulfide) groups is 1. The van der Waals surface area contributed by atoms with E-state index in [-0.39, 0.29) is 5.56 Å². The number of rotatable bonds is 6. The van der Waals surface area contributed by atoms with Gasteiger partial charge in [-0.15, -0.1) is 11.8 Å². The SMILES string of the molecule is CCSc1ccc(NCC2CC2)c(-c2cn(C)c(=O)cc2C)c1. The summed E-state index contributed by atoms with van der Waals surface area (Å²) in [5, 5.41) is 3.61. The molecule has 1 fully saturated rings. The highest BCUT2D eigenvalue weighted by molar-refractivity contribution is 7.99. The zero-order valence-electron chi connectivity index (χ0n) is 14.1. The fourth-order valence-corrected chi connectivity index (χ4v) is 3.44. The molecule has 122 valence electrons. The fourth-order valence-electron chi connectivity index (χ4n) is 2.74. The zero-order valence-corrected chi connectivity index (χ0v) is 14.9. The maximum atomic E-state index is 11.8.